The average Bonchev–Trinajstić information content (AvgIpc) is 2.61. The Hall–Kier alpha value is -3.15. The van der Waals surface area contributed by atoms with E-state index >= 15 is 0 Å². The lowest BCUT2D eigenvalue weighted by Gasteiger charge is -2.21. The highest BCUT2D eigenvalue weighted by molar-refractivity contribution is 5.95. The molecule has 0 saturated carbocycles. The number of carbonyl (C=O) groups excluding carboxylic acids is 3. The molecule has 6 nitrogen and oxygen atoms in total. The molecule has 0 fully saturated rings. The van der Waals surface area contributed by atoms with Crippen LogP contribution in [-0.2, 0) is 14.3 Å². The van der Waals surface area contributed by atoms with Gasteiger partial charge in [0.1, 0.15) is 0 Å². The Morgan fingerprint density at radius 3 is 2.35 bits per heavy atom. The number of anilines is 2. The first kappa shape index (κ1) is 19.2. The minimum atomic E-state index is -0.432. The maximum absolute atomic E-state index is 12.2. The number of methoxy groups -OCH3 is 1. The zero-order valence-electron chi connectivity index (χ0n) is 15.1. The Kier molecular flexibility index (Phi) is 6.49. The van der Waals surface area contributed by atoms with Gasteiger partial charge in [-0.1, -0.05) is 12.1 Å². The molecule has 2 aromatic carbocycles. The molecular formula is C20H22N2O4. The highest BCUT2D eigenvalue weighted by atomic mass is 16.5. The monoisotopic (exact) mass is 354 g/mol. The van der Waals surface area contributed by atoms with Crippen molar-refractivity contribution in [3.05, 3.63) is 59.7 Å². The fraction of sp³-hybridized carbons (Fsp3) is 0.250. The van der Waals surface area contributed by atoms with E-state index < -0.39 is 5.97 Å². The minimum absolute atomic E-state index is 0.120. The van der Waals surface area contributed by atoms with Gasteiger partial charge in [-0.25, -0.2) is 4.79 Å². The summed E-state index contributed by atoms with van der Waals surface area (Å²) < 4.78 is 4.63. The average molecular weight is 354 g/mol. The summed E-state index contributed by atoms with van der Waals surface area (Å²) in [4.78, 5) is 37.1. The van der Waals surface area contributed by atoms with Crippen molar-refractivity contribution in [2.75, 3.05) is 23.9 Å². The Morgan fingerprint density at radius 2 is 1.77 bits per heavy atom. The van der Waals surface area contributed by atoms with Gasteiger partial charge in [0, 0.05) is 31.3 Å². The van der Waals surface area contributed by atoms with Gasteiger partial charge >= 0.3 is 5.97 Å². The van der Waals surface area contributed by atoms with Crippen LogP contribution in [-0.4, -0.2) is 31.4 Å². The van der Waals surface area contributed by atoms with Crippen LogP contribution in [0.1, 0.15) is 29.3 Å². The number of ether oxygens (including phenoxy) is 1. The third-order valence-corrected chi connectivity index (χ3v) is 3.85. The summed E-state index contributed by atoms with van der Waals surface area (Å²) in [5.74, 6) is -0.765. The second kappa shape index (κ2) is 8.80. The van der Waals surface area contributed by atoms with Crippen LogP contribution in [0.4, 0.5) is 11.4 Å². The smallest absolute Gasteiger partial charge is 0.337 e. The first-order chi connectivity index (χ1) is 12.4. The maximum atomic E-state index is 12.2. The molecule has 0 heterocycles. The molecule has 0 aliphatic rings. The van der Waals surface area contributed by atoms with E-state index in [4.69, 9.17) is 0 Å². The Balaban J connectivity index is 1.96. The van der Waals surface area contributed by atoms with E-state index in [-0.39, 0.29) is 24.8 Å². The van der Waals surface area contributed by atoms with Crippen molar-refractivity contribution in [3.8, 4) is 0 Å². The molecule has 0 saturated heterocycles. The van der Waals surface area contributed by atoms with Gasteiger partial charge in [0.15, 0.2) is 0 Å². The Labute approximate surface area is 152 Å². The normalized spacial score (nSPS) is 10.1. The predicted octanol–water partition coefficient (Wildman–Crippen LogP) is 3.16. The number of hydrogen-bond acceptors (Lipinski definition) is 4. The molecule has 0 radical (unpaired) electrons. The van der Waals surface area contributed by atoms with Crippen molar-refractivity contribution >= 4 is 29.2 Å². The van der Waals surface area contributed by atoms with Crippen LogP contribution in [0.15, 0.2) is 48.5 Å². The van der Waals surface area contributed by atoms with E-state index in [1.807, 2.05) is 31.2 Å². The highest BCUT2D eigenvalue weighted by Crippen LogP contribution is 2.17. The van der Waals surface area contributed by atoms with Gasteiger partial charge in [-0.15, -0.1) is 0 Å². The molecule has 26 heavy (non-hydrogen) atoms. The number of esters is 1. The SMILES string of the molecule is COC(=O)c1ccc(NC(=O)CCN(C(C)=O)c2cccc(C)c2)cc1. The number of carbonyl (C=O) groups is 3. The van der Waals surface area contributed by atoms with Gasteiger partial charge in [-0.05, 0) is 48.9 Å². The fourth-order valence-corrected chi connectivity index (χ4v) is 2.51. The lowest BCUT2D eigenvalue weighted by molar-refractivity contribution is -0.117. The number of hydrogen-bond donors (Lipinski definition) is 1. The van der Waals surface area contributed by atoms with Crippen molar-refractivity contribution in [3.63, 3.8) is 0 Å². The maximum Gasteiger partial charge on any atom is 0.337 e. The lowest BCUT2D eigenvalue weighted by atomic mass is 10.2. The van der Waals surface area contributed by atoms with Crippen molar-refractivity contribution in [1.29, 1.82) is 0 Å². The molecule has 2 amide bonds. The van der Waals surface area contributed by atoms with Crippen LogP contribution < -0.4 is 10.2 Å². The third kappa shape index (κ3) is 5.17. The largest absolute Gasteiger partial charge is 0.465 e. The van der Waals surface area contributed by atoms with E-state index in [0.717, 1.165) is 11.3 Å². The number of nitrogens with one attached hydrogen (secondary N) is 1. The van der Waals surface area contributed by atoms with E-state index in [2.05, 4.69) is 10.1 Å². The number of aryl methyl sites for hydroxylation is 1. The Bertz CT molecular complexity index is 800. The first-order valence-corrected chi connectivity index (χ1v) is 8.23. The molecule has 0 spiro atoms. The molecule has 0 unspecified atom stereocenters. The Morgan fingerprint density at radius 1 is 1.08 bits per heavy atom. The summed E-state index contributed by atoms with van der Waals surface area (Å²) in [5, 5.41) is 2.75. The second-order valence-electron chi connectivity index (χ2n) is 5.88. The minimum Gasteiger partial charge on any atom is -0.465 e. The zero-order chi connectivity index (χ0) is 19.1. The number of amides is 2. The topological polar surface area (TPSA) is 75.7 Å². The van der Waals surface area contributed by atoms with Crippen molar-refractivity contribution < 1.29 is 19.1 Å². The molecule has 0 aliphatic carbocycles. The van der Waals surface area contributed by atoms with E-state index in [0.29, 0.717) is 11.3 Å². The van der Waals surface area contributed by atoms with Gasteiger partial charge in [-0.3, -0.25) is 9.59 Å². The zero-order valence-corrected chi connectivity index (χ0v) is 15.1. The van der Waals surface area contributed by atoms with E-state index in [1.165, 1.54) is 14.0 Å². The summed E-state index contributed by atoms with van der Waals surface area (Å²) in [5.41, 5.74) is 2.80. The molecule has 6 heteroatoms. The quantitative estimate of drug-likeness (QED) is 0.809. The van der Waals surface area contributed by atoms with Crippen LogP contribution in [0, 0.1) is 6.92 Å². The van der Waals surface area contributed by atoms with E-state index in [1.54, 1.807) is 29.2 Å². The molecule has 0 aliphatic heterocycles. The van der Waals surface area contributed by atoms with Crippen LogP contribution in [0.2, 0.25) is 0 Å². The van der Waals surface area contributed by atoms with Gasteiger partial charge in [0.2, 0.25) is 11.8 Å². The number of nitrogens with zero attached hydrogens (tertiary/aromatic N) is 1. The molecule has 2 rings (SSSR count). The first-order valence-electron chi connectivity index (χ1n) is 8.23. The summed E-state index contributed by atoms with van der Waals surface area (Å²) >= 11 is 0. The van der Waals surface area contributed by atoms with E-state index in [9.17, 15) is 14.4 Å². The molecular weight excluding hydrogens is 332 g/mol. The molecule has 1 N–H and O–H groups in total. The molecule has 0 atom stereocenters. The molecule has 136 valence electrons. The molecule has 0 aromatic heterocycles. The van der Waals surface area contributed by atoms with Gasteiger partial charge in [0.25, 0.3) is 0 Å². The van der Waals surface area contributed by atoms with Crippen LogP contribution in [0.5, 0.6) is 0 Å². The van der Waals surface area contributed by atoms with Crippen molar-refractivity contribution in [1.82, 2.24) is 0 Å². The fourth-order valence-electron chi connectivity index (χ4n) is 2.51. The predicted molar refractivity (Wildman–Crippen MR) is 100 cm³/mol. The van der Waals surface area contributed by atoms with Crippen molar-refractivity contribution in [2.45, 2.75) is 20.3 Å². The summed E-state index contributed by atoms with van der Waals surface area (Å²) in [7, 11) is 1.31. The van der Waals surface area contributed by atoms with Crippen LogP contribution in [0.3, 0.4) is 0 Å². The number of rotatable bonds is 6. The molecule has 2 aromatic rings. The summed E-state index contributed by atoms with van der Waals surface area (Å²) in [6, 6.07) is 14.0. The summed E-state index contributed by atoms with van der Waals surface area (Å²) in [6.07, 6.45) is 0.159. The summed E-state index contributed by atoms with van der Waals surface area (Å²) in [6.45, 7) is 3.71. The standard InChI is InChI=1S/C20H22N2O4/c1-14-5-4-6-18(13-14)22(15(2)23)12-11-19(24)21-17-9-7-16(8-10-17)20(25)26-3/h4-10,13H,11-12H2,1-3H3,(H,21,24). The van der Waals surface area contributed by atoms with Crippen LogP contribution in [0.25, 0.3) is 0 Å². The van der Waals surface area contributed by atoms with Gasteiger partial charge in [0.05, 0.1) is 12.7 Å². The molecule has 0 bridgehead atoms. The second-order valence-corrected chi connectivity index (χ2v) is 5.88. The third-order valence-electron chi connectivity index (χ3n) is 3.85. The highest BCUT2D eigenvalue weighted by Gasteiger charge is 2.14. The lowest BCUT2D eigenvalue weighted by Crippen LogP contribution is -2.32. The van der Waals surface area contributed by atoms with Crippen LogP contribution >= 0.6 is 0 Å². The van der Waals surface area contributed by atoms with Crippen molar-refractivity contribution in [2.24, 2.45) is 0 Å². The number of benzene rings is 2. The van der Waals surface area contributed by atoms with Gasteiger partial charge < -0.3 is 15.0 Å². The van der Waals surface area contributed by atoms with Gasteiger partial charge in [-0.2, -0.15) is 0 Å².